The van der Waals surface area contributed by atoms with E-state index in [4.69, 9.17) is 4.74 Å². The Bertz CT molecular complexity index is 559. The Morgan fingerprint density at radius 3 is 2.89 bits per heavy atom. The second-order valence-corrected chi connectivity index (χ2v) is 4.55. The zero-order chi connectivity index (χ0) is 12.5. The molecule has 1 aliphatic heterocycles. The fraction of sp³-hybridized carbons (Fsp3) is 0.286. The number of hydrogen-bond acceptors (Lipinski definition) is 3. The van der Waals surface area contributed by atoms with Crippen LogP contribution in [0, 0.1) is 11.7 Å². The fourth-order valence-electron chi connectivity index (χ4n) is 2.01. The molecule has 1 aliphatic carbocycles. The van der Waals surface area contributed by atoms with Crippen molar-refractivity contribution in [3.8, 4) is 0 Å². The zero-order valence-electron chi connectivity index (χ0n) is 9.73. The Labute approximate surface area is 104 Å². The van der Waals surface area contributed by atoms with Crippen LogP contribution in [0.5, 0.6) is 0 Å². The number of nitrogens with zero attached hydrogens (tertiary/aromatic N) is 1. The minimum Gasteiger partial charge on any atom is -0.406 e. The second-order valence-electron chi connectivity index (χ2n) is 4.55. The molecule has 0 radical (unpaired) electrons. The molecular weight excluding hydrogens is 233 g/mol. The van der Waals surface area contributed by atoms with E-state index in [2.05, 4.69) is 4.99 Å². The fourth-order valence-corrected chi connectivity index (χ4v) is 2.01. The molecule has 2 aliphatic rings. The monoisotopic (exact) mass is 245 g/mol. The van der Waals surface area contributed by atoms with Gasteiger partial charge in [0.05, 0.1) is 0 Å². The first kappa shape index (κ1) is 11.1. The highest BCUT2D eigenvalue weighted by Crippen LogP contribution is 2.31. The van der Waals surface area contributed by atoms with Crippen molar-refractivity contribution in [2.24, 2.45) is 10.9 Å². The highest BCUT2D eigenvalue weighted by molar-refractivity contribution is 6.07. The smallest absolute Gasteiger partial charge is 0.363 e. The number of esters is 1. The molecule has 0 bridgehead atoms. The van der Waals surface area contributed by atoms with Gasteiger partial charge in [-0.3, -0.25) is 0 Å². The summed E-state index contributed by atoms with van der Waals surface area (Å²) in [5.41, 5.74) is 0.864. The molecule has 1 aromatic carbocycles. The molecule has 0 atom stereocenters. The van der Waals surface area contributed by atoms with Gasteiger partial charge in [-0.2, -0.15) is 0 Å². The summed E-state index contributed by atoms with van der Waals surface area (Å²) in [6.07, 6.45) is 4.76. The van der Waals surface area contributed by atoms with E-state index in [1.807, 2.05) is 0 Å². The van der Waals surface area contributed by atoms with E-state index in [-0.39, 0.29) is 17.4 Å². The third-order valence-electron chi connectivity index (χ3n) is 3.24. The normalized spacial score (nSPS) is 21.7. The minimum atomic E-state index is -0.443. The number of carbonyl (C=O) groups excluding carboxylic acids is 1. The average molecular weight is 245 g/mol. The van der Waals surface area contributed by atoms with Crippen molar-refractivity contribution in [2.45, 2.75) is 19.3 Å². The molecule has 0 aromatic heterocycles. The molecule has 1 fully saturated rings. The van der Waals surface area contributed by atoms with Crippen molar-refractivity contribution in [3.05, 3.63) is 41.3 Å². The Kier molecular flexibility index (Phi) is 2.70. The van der Waals surface area contributed by atoms with Crippen LogP contribution in [-0.4, -0.2) is 11.9 Å². The molecule has 1 heterocycles. The van der Waals surface area contributed by atoms with E-state index >= 15 is 0 Å². The van der Waals surface area contributed by atoms with Crippen molar-refractivity contribution in [3.63, 3.8) is 0 Å². The summed E-state index contributed by atoms with van der Waals surface area (Å²) in [5, 5.41) is 0. The maximum Gasteiger partial charge on any atom is 0.363 e. The largest absolute Gasteiger partial charge is 0.406 e. The van der Waals surface area contributed by atoms with Crippen LogP contribution in [-0.2, 0) is 9.53 Å². The van der Waals surface area contributed by atoms with E-state index < -0.39 is 5.97 Å². The Morgan fingerprint density at radius 1 is 1.39 bits per heavy atom. The van der Waals surface area contributed by atoms with Crippen LogP contribution in [0.2, 0.25) is 0 Å². The van der Waals surface area contributed by atoms with Gasteiger partial charge in [-0.05, 0) is 36.6 Å². The van der Waals surface area contributed by atoms with Gasteiger partial charge in [-0.25, -0.2) is 14.2 Å². The van der Waals surface area contributed by atoms with Crippen LogP contribution in [0.3, 0.4) is 0 Å². The van der Waals surface area contributed by atoms with E-state index in [1.54, 1.807) is 18.2 Å². The van der Waals surface area contributed by atoms with Crippen molar-refractivity contribution >= 4 is 17.9 Å². The first-order valence-electron chi connectivity index (χ1n) is 6.00. The van der Waals surface area contributed by atoms with Gasteiger partial charge in [0, 0.05) is 5.92 Å². The third-order valence-corrected chi connectivity index (χ3v) is 3.24. The minimum absolute atomic E-state index is 0.252. The van der Waals surface area contributed by atoms with Gasteiger partial charge in [-0.15, -0.1) is 0 Å². The maximum atomic E-state index is 13.0. The number of aliphatic imine (C=N–C) groups is 1. The summed E-state index contributed by atoms with van der Waals surface area (Å²) < 4.78 is 18.2. The predicted octanol–water partition coefficient (Wildman–Crippen LogP) is 2.92. The first-order chi connectivity index (χ1) is 8.72. The van der Waals surface area contributed by atoms with E-state index in [1.165, 1.54) is 12.1 Å². The number of rotatable bonds is 2. The number of hydrogen-bond donors (Lipinski definition) is 0. The predicted molar refractivity (Wildman–Crippen MR) is 65.2 cm³/mol. The van der Waals surface area contributed by atoms with Crippen LogP contribution < -0.4 is 0 Å². The average Bonchev–Trinajstić information content (AvgIpc) is 2.57. The molecule has 18 heavy (non-hydrogen) atoms. The third kappa shape index (κ3) is 2.06. The summed E-state index contributed by atoms with van der Waals surface area (Å²) in [6.45, 7) is 0. The molecule has 1 aromatic rings. The molecule has 0 unspecified atom stereocenters. The number of benzene rings is 1. The zero-order valence-corrected chi connectivity index (χ0v) is 9.73. The first-order valence-corrected chi connectivity index (χ1v) is 6.00. The highest BCUT2D eigenvalue weighted by atomic mass is 19.1. The van der Waals surface area contributed by atoms with Crippen LogP contribution in [0.15, 0.2) is 35.0 Å². The summed E-state index contributed by atoms with van der Waals surface area (Å²) in [6, 6.07) is 6.04. The topological polar surface area (TPSA) is 38.7 Å². The van der Waals surface area contributed by atoms with Gasteiger partial charge in [-0.1, -0.05) is 18.6 Å². The Hall–Kier alpha value is -1.97. The van der Waals surface area contributed by atoms with Gasteiger partial charge < -0.3 is 4.74 Å². The summed E-state index contributed by atoms with van der Waals surface area (Å²) in [5.74, 6) is 0.0290. The van der Waals surface area contributed by atoms with Crippen LogP contribution in [0.1, 0.15) is 24.8 Å². The summed E-state index contributed by atoms with van der Waals surface area (Å²) in [4.78, 5) is 15.8. The molecule has 0 N–H and O–H groups in total. The quantitative estimate of drug-likeness (QED) is 0.593. The van der Waals surface area contributed by atoms with Crippen molar-refractivity contribution in [1.82, 2.24) is 0 Å². The van der Waals surface area contributed by atoms with Gasteiger partial charge in [0.1, 0.15) is 5.82 Å². The molecule has 3 rings (SSSR count). The highest BCUT2D eigenvalue weighted by Gasteiger charge is 2.32. The SMILES string of the molecule is O=C1OC(C2CCC2)=N/C1=C/c1cccc(F)c1. The number of halogens is 1. The molecule has 3 nitrogen and oxygen atoms in total. The molecule has 1 saturated carbocycles. The number of carbonyl (C=O) groups is 1. The van der Waals surface area contributed by atoms with Gasteiger partial charge >= 0.3 is 5.97 Å². The van der Waals surface area contributed by atoms with Crippen molar-refractivity contribution < 1.29 is 13.9 Å². The Morgan fingerprint density at radius 2 is 2.22 bits per heavy atom. The van der Waals surface area contributed by atoms with Crippen LogP contribution in [0.25, 0.3) is 6.08 Å². The Balaban J connectivity index is 1.87. The van der Waals surface area contributed by atoms with Gasteiger partial charge in [0.2, 0.25) is 5.90 Å². The van der Waals surface area contributed by atoms with E-state index in [0.717, 1.165) is 19.3 Å². The van der Waals surface area contributed by atoms with Gasteiger partial charge in [0.25, 0.3) is 0 Å². The maximum absolute atomic E-state index is 13.0. The van der Waals surface area contributed by atoms with Gasteiger partial charge in [0.15, 0.2) is 5.70 Å². The molecule has 0 spiro atoms. The number of cyclic esters (lactones) is 1. The summed E-state index contributed by atoms with van der Waals surface area (Å²) in [7, 11) is 0. The number of ether oxygens (including phenoxy) is 1. The van der Waals surface area contributed by atoms with Crippen molar-refractivity contribution in [2.75, 3.05) is 0 Å². The second kappa shape index (κ2) is 4.37. The van der Waals surface area contributed by atoms with Crippen molar-refractivity contribution in [1.29, 1.82) is 0 Å². The lowest BCUT2D eigenvalue weighted by atomic mass is 9.85. The standard InChI is InChI=1S/C14H12FNO2/c15-11-6-1-3-9(7-11)8-12-14(17)18-13(16-12)10-4-2-5-10/h1,3,6-8,10H,2,4-5H2/b12-8+. The lowest BCUT2D eigenvalue weighted by Crippen LogP contribution is -2.22. The lowest BCUT2D eigenvalue weighted by molar-refractivity contribution is -0.130. The molecule has 92 valence electrons. The molecule has 0 amide bonds. The van der Waals surface area contributed by atoms with E-state index in [9.17, 15) is 9.18 Å². The molecule has 4 heteroatoms. The lowest BCUT2D eigenvalue weighted by Gasteiger charge is -2.23. The molecular formula is C14H12FNO2. The van der Waals surface area contributed by atoms with E-state index in [0.29, 0.717) is 11.5 Å². The van der Waals surface area contributed by atoms with Crippen LogP contribution >= 0.6 is 0 Å². The van der Waals surface area contributed by atoms with Crippen LogP contribution in [0.4, 0.5) is 4.39 Å². The summed E-state index contributed by atoms with van der Waals surface area (Å²) >= 11 is 0. The molecule has 0 saturated heterocycles.